The highest BCUT2D eigenvalue weighted by atomic mass is 32.2. The van der Waals surface area contributed by atoms with Crippen LogP contribution in [0.5, 0.6) is 5.75 Å². The first kappa shape index (κ1) is 26.9. The highest BCUT2D eigenvalue weighted by molar-refractivity contribution is 7.92. The van der Waals surface area contributed by atoms with E-state index < -0.39 is 22.5 Å². The molecule has 0 atom stereocenters. The lowest BCUT2D eigenvalue weighted by molar-refractivity contribution is -0.119. The molecule has 0 fully saturated rings. The summed E-state index contributed by atoms with van der Waals surface area (Å²) in [4.78, 5) is 13.3. The summed E-state index contributed by atoms with van der Waals surface area (Å²) in [5.74, 6) is -0.264. The van der Waals surface area contributed by atoms with Gasteiger partial charge in [0.05, 0.1) is 23.9 Å². The maximum atomic E-state index is 13.8. The van der Waals surface area contributed by atoms with Gasteiger partial charge in [-0.3, -0.25) is 9.10 Å². The molecule has 5 aromatic rings. The zero-order valence-corrected chi connectivity index (χ0v) is 23.3. The molecule has 0 heterocycles. The standard InChI is InChI=1S/C32H29N3O4S/c1-22-12-15-26(16-13-22)40(37,38)35(30-18-23(2)14-17-31(30)39-3)21-32(36)34-33-20-29-27-10-6-4-8-24(27)19-25-9-5-7-11-28(25)29/h4-20H,21H2,1-3H3,(H,34,36)/b33-20-. The number of ether oxygens (including phenoxy) is 1. The van der Waals surface area contributed by atoms with Crippen LogP contribution >= 0.6 is 0 Å². The molecule has 5 rings (SSSR count). The number of anilines is 1. The van der Waals surface area contributed by atoms with Crippen LogP contribution in [0.2, 0.25) is 0 Å². The van der Waals surface area contributed by atoms with Crippen molar-refractivity contribution in [1.82, 2.24) is 5.43 Å². The normalized spacial score (nSPS) is 11.7. The van der Waals surface area contributed by atoms with Gasteiger partial charge in [-0.2, -0.15) is 5.10 Å². The summed E-state index contributed by atoms with van der Waals surface area (Å²) in [7, 11) is -2.65. The number of hydrogen-bond donors (Lipinski definition) is 1. The van der Waals surface area contributed by atoms with E-state index in [1.807, 2.05) is 68.4 Å². The number of nitrogens with zero attached hydrogens (tertiary/aromatic N) is 2. The molecule has 0 spiro atoms. The molecule has 0 saturated heterocycles. The van der Waals surface area contributed by atoms with Crippen molar-refractivity contribution < 1.29 is 17.9 Å². The van der Waals surface area contributed by atoms with Gasteiger partial charge in [0, 0.05) is 5.56 Å². The van der Waals surface area contributed by atoms with E-state index in [-0.39, 0.29) is 10.6 Å². The van der Waals surface area contributed by atoms with Gasteiger partial charge in [-0.25, -0.2) is 13.8 Å². The van der Waals surface area contributed by atoms with Gasteiger partial charge in [0.1, 0.15) is 12.3 Å². The van der Waals surface area contributed by atoms with Gasteiger partial charge in [-0.1, -0.05) is 72.3 Å². The molecule has 0 aliphatic rings. The molecule has 0 radical (unpaired) electrons. The number of rotatable bonds is 8. The van der Waals surface area contributed by atoms with Crippen LogP contribution in [0.1, 0.15) is 16.7 Å². The van der Waals surface area contributed by atoms with Gasteiger partial charge in [0.2, 0.25) is 0 Å². The molecule has 0 saturated carbocycles. The zero-order chi connectivity index (χ0) is 28.3. The number of hydrazone groups is 1. The fraction of sp³-hybridized carbons (Fsp3) is 0.125. The van der Waals surface area contributed by atoms with Gasteiger partial charge in [-0.05, 0) is 71.3 Å². The number of fused-ring (bicyclic) bond motifs is 2. The number of sulfonamides is 1. The Kier molecular flexibility index (Phi) is 7.53. The fourth-order valence-corrected chi connectivity index (χ4v) is 6.08. The number of hydrogen-bond acceptors (Lipinski definition) is 5. The lowest BCUT2D eigenvalue weighted by atomic mass is 9.97. The van der Waals surface area contributed by atoms with Crippen molar-refractivity contribution in [1.29, 1.82) is 0 Å². The Labute approximate surface area is 233 Å². The largest absolute Gasteiger partial charge is 0.495 e. The third-order valence-electron chi connectivity index (χ3n) is 6.70. The van der Waals surface area contributed by atoms with Crippen LogP contribution in [0, 0.1) is 13.8 Å². The molecule has 0 bridgehead atoms. The lowest BCUT2D eigenvalue weighted by Crippen LogP contribution is -2.39. The lowest BCUT2D eigenvalue weighted by Gasteiger charge is -2.25. The van der Waals surface area contributed by atoms with Crippen LogP contribution in [0.3, 0.4) is 0 Å². The Bertz CT molecular complexity index is 1790. The molecule has 1 N–H and O–H groups in total. The van der Waals surface area contributed by atoms with Crippen molar-refractivity contribution in [3.8, 4) is 5.75 Å². The number of aryl methyl sites for hydroxylation is 2. The molecule has 1 amide bonds. The van der Waals surface area contributed by atoms with Gasteiger partial charge in [0.15, 0.2) is 0 Å². The van der Waals surface area contributed by atoms with E-state index in [9.17, 15) is 13.2 Å². The molecule has 40 heavy (non-hydrogen) atoms. The molecule has 7 nitrogen and oxygen atoms in total. The van der Waals surface area contributed by atoms with Gasteiger partial charge in [0.25, 0.3) is 15.9 Å². The number of carbonyl (C=O) groups is 1. The van der Waals surface area contributed by atoms with Crippen LogP contribution in [0.4, 0.5) is 5.69 Å². The van der Waals surface area contributed by atoms with Crippen molar-refractivity contribution in [2.45, 2.75) is 18.7 Å². The first-order chi connectivity index (χ1) is 19.3. The third kappa shape index (κ3) is 5.39. The van der Waals surface area contributed by atoms with E-state index in [0.717, 1.165) is 42.5 Å². The van der Waals surface area contributed by atoms with E-state index in [2.05, 4.69) is 16.6 Å². The summed E-state index contributed by atoms with van der Waals surface area (Å²) in [6.07, 6.45) is 1.61. The number of nitrogens with one attached hydrogen (secondary N) is 1. The maximum absolute atomic E-state index is 13.8. The van der Waals surface area contributed by atoms with Crippen molar-refractivity contribution in [2.75, 3.05) is 18.0 Å². The fourth-order valence-electron chi connectivity index (χ4n) is 4.65. The molecule has 0 aliphatic carbocycles. The van der Waals surface area contributed by atoms with E-state index >= 15 is 0 Å². The van der Waals surface area contributed by atoms with Crippen molar-refractivity contribution >= 4 is 49.4 Å². The molecule has 0 aromatic heterocycles. The first-order valence-electron chi connectivity index (χ1n) is 12.7. The minimum Gasteiger partial charge on any atom is -0.495 e. The second kappa shape index (κ2) is 11.2. The maximum Gasteiger partial charge on any atom is 0.264 e. The minimum atomic E-state index is -4.11. The van der Waals surface area contributed by atoms with E-state index in [0.29, 0.717) is 5.75 Å². The summed E-state index contributed by atoms with van der Waals surface area (Å²) in [5.41, 5.74) is 5.40. The van der Waals surface area contributed by atoms with Crippen LogP contribution in [0.15, 0.2) is 107 Å². The summed E-state index contributed by atoms with van der Waals surface area (Å²) in [6, 6.07) is 29.7. The number of benzene rings is 5. The third-order valence-corrected chi connectivity index (χ3v) is 8.47. The molecule has 8 heteroatoms. The van der Waals surface area contributed by atoms with Gasteiger partial charge < -0.3 is 4.74 Å². The molecule has 202 valence electrons. The van der Waals surface area contributed by atoms with E-state index in [1.54, 1.807) is 30.5 Å². The second-order valence-corrected chi connectivity index (χ2v) is 11.4. The Hall–Kier alpha value is -4.69. The van der Waals surface area contributed by atoms with E-state index in [1.165, 1.54) is 19.2 Å². The average molecular weight is 552 g/mol. The molecule has 5 aromatic carbocycles. The van der Waals surface area contributed by atoms with E-state index in [4.69, 9.17) is 4.74 Å². The van der Waals surface area contributed by atoms with Crippen molar-refractivity contribution in [3.05, 3.63) is 114 Å². The molecular formula is C32H29N3O4S. The predicted octanol–water partition coefficient (Wildman–Crippen LogP) is 5.96. The Balaban J connectivity index is 1.48. The highest BCUT2D eigenvalue weighted by Crippen LogP contribution is 2.33. The van der Waals surface area contributed by atoms with Crippen LogP contribution < -0.4 is 14.5 Å². The molecular weight excluding hydrogens is 522 g/mol. The van der Waals surface area contributed by atoms with Crippen LogP contribution in [0.25, 0.3) is 21.5 Å². The summed E-state index contributed by atoms with van der Waals surface area (Å²) in [5, 5.41) is 8.33. The molecule has 0 aliphatic heterocycles. The highest BCUT2D eigenvalue weighted by Gasteiger charge is 2.29. The van der Waals surface area contributed by atoms with Crippen molar-refractivity contribution in [3.63, 3.8) is 0 Å². The summed E-state index contributed by atoms with van der Waals surface area (Å²) < 4.78 is 34.1. The molecule has 0 unspecified atom stereocenters. The topological polar surface area (TPSA) is 88.1 Å². The summed E-state index contributed by atoms with van der Waals surface area (Å²) in [6.45, 7) is 3.23. The Morgan fingerprint density at radius 2 is 1.45 bits per heavy atom. The number of carbonyl (C=O) groups excluding carboxylic acids is 1. The number of amides is 1. The monoisotopic (exact) mass is 551 g/mol. The Morgan fingerprint density at radius 1 is 0.850 bits per heavy atom. The average Bonchev–Trinajstić information content (AvgIpc) is 2.95. The zero-order valence-electron chi connectivity index (χ0n) is 22.5. The van der Waals surface area contributed by atoms with Crippen LogP contribution in [-0.4, -0.2) is 34.2 Å². The smallest absolute Gasteiger partial charge is 0.264 e. The minimum absolute atomic E-state index is 0.0696. The SMILES string of the molecule is COc1ccc(C)cc1N(CC(=O)N/N=C\c1c2ccccc2cc2ccccc12)S(=O)(=O)c1ccc(C)cc1. The predicted molar refractivity (Wildman–Crippen MR) is 161 cm³/mol. The van der Waals surface area contributed by atoms with Gasteiger partial charge >= 0.3 is 0 Å². The van der Waals surface area contributed by atoms with Gasteiger partial charge in [-0.15, -0.1) is 0 Å². The van der Waals surface area contributed by atoms with Crippen LogP contribution in [-0.2, 0) is 14.8 Å². The number of methoxy groups -OCH3 is 1. The quantitative estimate of drug-likeness (QED) is 0.146. The summed E-state index contributed by atoms with van der Waals surface area (Å²) >= 11 is 0. The second-order valence-electron chi connectivity index (χ2n) is 9.53. The Morgan fingerprint density at radius 3 is 2.08 bits per heavy atom. The first-order valence-corrected chi connectivity index (χ1v) is 14.2. The van der Waals surface area contributed by atoms with Crippen molar-refractivity contribution in [2.24, 2.45) is 5.10 Å².